The van der Waals surface area contributed by atoms with E-state index in [1.807, 2.05) is 26.0 Å². The van der Waals surface area contributed by atoms with Crippen LogP contribution in [0.3, 0.4) is 0 Å². The second kappa shape index (κ2) is 9.52. The van der Waals surface area contributed by atoms with Crippen molar-refractivity contribution in [2.24, 2.45) is 11.8 Å². The van der Waals surface area contributed by atoms with Crippen molar-refractivity contribution in [3.8, 4) is 0 Å². The molecule has 0 aliphatic heterocycles. The molecule has 0 bridgehead atoms. The van der Waals surface area contributed by atoms with E-state index < -0.39 is 18.4 Å². The third-order valence-corrected chi connectivity index (χ3v) is 3.56. The van der Waals surface area contributed by atoms with Crippen molar-refractivity contribution >= 4 is 23.7 Å². The van der Waals surface area contributed by atoms with Crippen LogP contribution in [-0.2, 0) is 14.3 Å². The smallest absolute Gasteiger partial charge is 0.410 e. The van der Waals surface area contributed by atoms with Gasteiger partial charge in [0.1, 0.15) is 0 Å². The second-order valence-corrected chi connectivity index (χ2v) is 6.68. The highest BCUT2D eigenvalue weighted by atomic mass is 35.5. The maximum atomic E-state index is 11.9. The van der Waals surface area contributed by atoms with Crippen molar-refractivity contribution in [3.63, 3.8) is 0 Å². The molecule has 0 aromatic heterocycles. The zero-order valence-corrected chi connectivity index (χ0v) is 15.3. The number of carbonyl (C=O) groups excluding carboxylic acids is 2. The van der Waals surface area contributed by atoms with E-state index in [1.165, 1.54) is 0 Å². The molecule has 0 heterocycles. The number of ether oxygens (including phenoxy) is 2. The van der Waals surface area contributed by atoms with Gasteiger partial charge < -0.3 is 14.8 Å². The molecule has 2 atom stereocenters. The summed E-state index contributed by atoms with van der Waals surface area (Å²) in [5.41, 5.74) is 0.950. The van der Waals surface area contributed by atoms with Gasteiger partial charge in [-0.1, -0.05) is 51.4 Å². The first-order chi connectivity index (χ1) is 11.2. The van der Waals surface area contributed by atoms with Crippen molar-refractivity contribution in [2.45, 2.75) is 39.9 Å². The fraction of sp³-hybridized carbons (Fsp3) is 0.500. The first kappa shape index (κ1) is 20.3. The van der Waals surface area contributed by atoms with Crippen molar-refractivity contribution in [3.05, 3.63) is 41.8 Å². The van der Waals surface area contributed by atoms with Gasteiger partial charge in [-0.05, 0) is 24.6 Å². The maximum Gasteiger partial charge on any atom is 0.410 e. The Labute approximate surface area is 148 Å². The minimum atomic E-state index is -0.918. The van der Waals surface area contributed by atoms with Crippen LogP contribution in [-0.4, -0.2) is 24.9 Å². The van der Waals surface area contributed by atoms with E-state index in [2.05, 4.69) is 12.2 Å². The van der Waals surface area contributed by atoms with E-state index in [4.69, 9.17) is 21.1 Å². The highest BCUT2D eigenvalue weighted by Crippen LogP contribution is 2.17. The minimum absolute atomic E-state index is 0.148. The van der Waals surface area contributed by atoms with Crippen LogP contribution in [0.5, 0.6) is 0 Å². The molecule has 0 saturated heterocycles. The van der Waals surface area contributed by atoms with Crippen LogP contribution in [0.4, 0.5) is 4.79 Å². The van der Waals surface area contributed by atoms with E-state index in [0.29, 0.717) is 11.6 Å². The molecule has 5 nitrogen and oxygen atoms in total. The molecule has 0 spiro atoms. The van der Waals surface area contributed by atoms with Gasteiger partial charge in [0.2, 0.25) is 0 Å². The summed E-state index contributed by atoms with van der Waals surface area (Å²) in [7, 11) is 0. The second-order valence-electron chi connectivity index (χ2n) is 6.24. The van der Waals surface area contributed by atoms with Crippen molar-refractivity contribution < 1.29 is 19.1 Å². The van der Waals surface area contributed by atoms with Crippen molar-refractivity contribution in [2.75, 3.05) is 6.54 Å². The Morgan fingerprint density at radius 3 is 2.21 bits per heavy atom. The average Bonchev–Trinajstić information content (AvgIpc) is 2.52. The monoisotopic (exact) mass is 354 g/mol. The van der Waals surface area contributed by atoms with E-state index in [1.54, 1.807) is 26.0 Å². The van der Waals surface area contributed by atoms with Gasteiger partial charge in [0, 0.05) is 23.4 Å². The Kier molecular flexibility index (Phi) is 8.05. The highest BCUT2D eigenvalue weighted by Gasteiger charge is 2.24. The molecule has 1 radical (unpaired) electrons. The Bertz CT molecular complexity index is 542. The van der Waals surface area contributed by atoms with Gasteiger partial charge in [-0.3, -0.25) is 4.79 Å². The number of halogens is 1. The number of carbonyl (C=O) groups is 2. The average molecular weight is 355 g/mol. The van der Waals surface area contributed by atoms with Crippen molar-refractivity contribution in [1.82, 2.24) is 5.32 Å². The molecular formula is C18H25ClNO4. The van der Waals surface area contributed by atoms with Gasteiger partial charge in [-0.25, -0.2) is 4.79 Å². The van der Waals surface area contributed by atoms with Gasteiger partial charge in [0.05, 0.1) is 5.92 Å². The van der Waals surface area contributed by atoms with Crippen LogP contribution < -0.4 is 5.32 Å². The zero-order valence-electron chi connectivity index (χ0n) is 14.5. The van der Waals surface area contributed by atoms with Crippen LogP contribution in [0, 0.1) is 18.8 Å². The predicted molar refractivity (Wildman–Crippen MR) is 93.6 cm³/mol. The molecule has 0 unspecified atom stereocenters. The van der Waals surface area contributed by atoms with E-state index in [0.717, 1.165) is 5.56 Å². The summed E-state index contributed by atoms with van der Waals surface area (Å²) in [6, 6.07) is 7.25. The summed E-state index contributed by atoms with van der Waals surface area (Å²) in [5, 5.41) is 3.28. The summed E-state index contributed by atoms with van der Waals surface area (Å²) in [5.74, 6) is -0.986. The molecule has 1 N–H and O–H groups in total. The molecule has 133 valence electrons. The third-order valence-electron chi connectivity index (χ3n) is 3.31. The normalized spacial score (nSPS) is 13.5. The van der Waals surface area contributed by atoms with E-state index >= 15 is 0 Å². The molecule has 0 aliphatic carbocycles. The lowest BCUT2D eigenvalue weighted by atomic mass is 10.0. The van der Waals surface area contributed by atoms with Gasteiger partial charge in [0.25, 0.3) is 6.29 Å². The summed E-state index contributed by atoms with van der Waals surface area (Å²) in [4.78, 5) is 23.6. The fourth-order valence-corrected chi connectivity index (χ4v) is 1.88. The molecule has 0 aliphatic rings. The number of amides is 1. The van der Waals surface area contributed by atoms with E-state index in [-0.39, 0.29) is 17.8 Å². The number of benzene rings is 1. The quantitative estimate of drug-likeness (QED) is 0.589. The lowest BCUT2D eigenvalue weighted by Crippen LogP contribution is -2.36. The fourth-order valence-electron chi connectivity index (χ4n) is 1.75. The SMILES string of the molecule is [CH2][C@@H](CNC(=O)O[C@@H](OC(=O)C(C)C)C(C)C)c1ccc(Cl)cc1. The number of nitrogens with one attached hydrogen (secondary N) is 1. The molecule has 24 heavy (non-hydrogen) atoms. The van der Waals surface area contributed by atoms with Crippen molar-refractivity contribution in [1.29, 1.82) is 0 Å². The lowest BCUT2D eigenvalue weighted by Gasteiger charge is -2.23. The predicted octanol–water partition coefficient (Wildman–Crippen LogP) is 4.17. The Hall–Kier alpha value is -1.75. The topological polar surface area (TPSA) is 64.6 Å². The zero-order chi connectivity index (χ0) is 18.3. The van der Waals surface area contributed by atoms with Crippen LogP contribution >= 0.6 is 11.6 Å². The summed E-state index contributed by atoms with van der Waals surface area (Å²) in [6.07, 6.45) is -1.56. The molecule has 1 rings (SSSR count). The summed E-state index contributed by atoms with van der Waals surface area (Å²) >= 11 is 5.84. The first-order valence-electron chi connectivity index (χ1n) is 7.94. The molecule has 6 heteroatoms. The first-order valence-corrected chi connectivity index (χ1v) is 8.32. The largest absolute Gasteiger partial charge is 0.425 e. The number of esters is 1. The highest BCUT2D eigenvalue weighted by molar-refractivity contribution is 6.30. The standard InChI is InChI=1S/C18H25ClNO4/c1-11(2)16(21)23-17(12(3)4)24-18(22)20-10-13(5)14-6-8-15(19)9-7-14/h6-9,11-13,17H,5,10H2,1-4H3,(H,20,22)/t13-,17+/m0/s1. The molecule has 0 saturated carbocycles. The van der Waals surface area contributed by atoms with Gasteiger partial charge in [-0.15, -0.1) is 0 Å². The van der Waals surface area contributed by atoms with Crippen LogP contribution in [0.2, 0.25) is 5.02 Å². The van der Waals surface area contributed by atoms with Crippen LogP contribution in [0.25, 0.3) is 0 Å². The molecule has 1 amide bonds. The third kappa shape index (κ3) is 6.79. The number of hydrogen-bond acceptors (Lipinski definition) is 4. The summed E-state index contributed by atoms with van der Waals surface area (Å²) < 4.78 is 10.4. The number of rotatable bonds is 7. The van der Waals surface area contributed by atoms with Gasteiger partial charge >= 0.3 is 12.1 Å². The molecule has 0 fully saturated rings. The number of alkyl carbamates (subject to hydrolysis) is 1. The Balaban J connectivity index is 2.50. The maximum absolute atomic E-state index is 11.9. The van der Waals surface area contributed by atoms with Crippen LogP contribution in [0.1, 0.15) is 39.2 Å². The molecule has 1 aromatic carbocycles. The van der Waals surface area contributed by atoms with E-state index in [9.17, 15) is 9.59 Å². The minimum Gasteiger partial charge on any atom is -0.425 e. The summed E-state index contributed by atoms with van der Waals surface area (Å²) in [6.45, 7) is 11.4. The molecular weight excluding hydrogens is 330 g/mol. The Morgan fingerprint density at radius 1 is 1.12 bits per heavy atom. The lowest BCUT2D eigenvalue weighted by molar-refractivity contribution is -0.178. The Morgan fingerprint density at radius 2 is 1.71 bits per heavy atom. The molecule has 1 aromatic rings. The van der Waals surface area contributed by atoms with Gasteiger partial charge in [-0.2, -0.15) is 0 Å². The number of hydrogen-bond donors (Lipinski definition) is 1. The van der Waals surface area contributed by atoms with Crippen LogP contribution in [0.15, 0.2) is 24.3 Å². The van der Waals surface area contributed by atoms with Gasteiger partial charge in [0.15, 0.2) is 0 Å².